The minimum absolute atomic E-state index is 0.0924. The van der Waals surface area contributed by atoms with Crippen molar-refractivity contribution in [2.24, 2.45) is 0 Å². The van der Waals surface area contributed by atoms with Crippen molar-refractivity contribution in [1.29, 1.82) is 0 Å². The van der Waals surface area contributed by atoms with Crippen LogP contribution < -0.4 is 0 Å². The number of amides is 1. The van der Waals surface area contributed by atoms with Gasteiger partial charge in [0, 0.05) is 24.2 Å². The molecule has 102 valence electrons. The predicted molar refractivity (Wildman–Crippen MR) is 76.5 cm³/mol. The molecule has 0 saturated heterocycles. The Morgan fingerprint density at radius 3 is 2.65 bits per heavy atom. The van der Waals surface area contributed by atoms with Gasteiger partial charge in [0.2, 0.25) is 0 Å². The number of aromatic nitrogens is 1. The highest BCUT2D eigenvalue weighted by Crippen LogP contribution is 2.24. The summed E-state index contributed by atoms with van der Waals surface area (Å²) in [6, 6.07) is 9.35. The zero-order valence-electron chi connectivity index (χ0n) is 10.8. The van der Waals surface area contributed by atoms with Gasteiger partial charge in [0.25, 0.3) is 5.91 Å². The third kappa shape index (κ3) is 2.60. The monoisotopic (exact) mass is 288 g/mol. The molecule has 0 N–H and O–H groups in total. The quantitative estimate of drug-likeness (QED) is 0.852. The molecular formula is C15H13ClN2O2. The van der Waals surface area contributed by atoms with E-state index in [4.69, 9.17) is 16.1 Å². The lowest BCUT2D eigenvalue weighted by Gasteiger charge is -2.25. The van der Waals surface area contributed by atoms with Crippen LogP contribution in [0.4, 0.5) is 0 Å². The SMILES string of the molecule is O=C(c1ccon1)N1CC=C(c2ccc(Cl)cc2)CC1. The number of benzene rings is 1. The topological polar surface area (TPSA) is 46.3 Å². The Balaban J connectivity index is 1.72. The first-order valence-electron chi connectivity index (χ1n) is 6.38. The van der Waals surface area contributed by atoms with Crippen LogP contribution in [0.3, 0.4) is 0 Å². The summed E-state index contributed by atoms with van der Waals surface area (Å²) in [7, 11) is 0. The molecular weight excluding hydrogens is 276 g/mol. The normalized spacial score (nSPS) is 15.1. The van der Waals surface area contributed by atoms with Gasteiger partial charge in [0.15, 0.2) is 5.69 Å². The molecule has 1 aromatic heterocycles. The molecule has 0 unspecified atom stereocenters. The molecule has 1 aliphatic heterocycles. The van der Waals surface area contributed by atoms with Gasteiger partial charge in [-0.05, 0) is 29.7 Å². The van der Waals surface area contributed by atoms with Gasteiger partial charge in [-0.2, -0.15) is 0 Å². The molecule has 0 atom stereocenters. The lowest BCUT2D eigenvalue weighted by atomic mass is 9.99. The van der Waals surface area contributed by atoms with Gasteiger partial charge in [-0.25, -0.2) is 0 Å². The summed E-state index contributed by atoms with van der Waals surface area (Å²) in [6.07, 6.45) is 4.31. The van der Waals surface area contributed by atoms with Crippen molar-refractivity contribution in [1.82, 2.24) is 10.1 Å². The van der Waals surface area contributed by atoms with Crippen LogP contribution >= 0.6 is 11.6 Å². The summed E-state index contributed by atoms with van der Waals surface area (Å²) in [5, 5.41) is 4.41. The zero-order valence-corrected chi connectivity index (χ0v) is 11.5. The molecule has 2 aromatic rings. The van der Waals surface area contributed by atoms with Gasteiger partial charge in [-0.1, -0.05) is 35.0 Å². The summed E-state index contributed by atoms with van der Waals surface area (Å²) < 4.78 is 4.70. The fourth-order valence-electron chi connectivity index (χ4n) is 2.26. The van der Waals surface area contributed by atoms with Crippen molar-refractivity contribution in [3.8, 4) is 0 Å². The maximum Gasteiger partial charge on any atom is 0.276 e. The molecule has 1 aromatic carbocycles. The minimum Gasteiger partial charge on any atom is -0.364 e. The fourth-order valence-corrected chi connectivity index (χ4v) is 2.39. The van der Waals surface area contributed by atoms with E-state index in [1.807, 2.05) is 24.3 Å². The summed E-state index contributed by atoms with van der Waals surface area (Å²) in [6.45, 7) is 1.27. The van der Waals surface area contributed by atoms with Crippen LogP contribution in [-0.2, 0) is 0 Å². The molecule has 0 saturated carbocycles. The number of nitrogens with zero attached hydrogens (tertiary/aromatic N) is 2. The van der Waals surface area contributed by atoms with Crippen molar-refractivity contribution in [3.05, 3.63) is 59.0 Å². The Morgan fingerprint density at radius 2 is 2.05 bits per heavy atom. The van der Waals surface area contributed by atoms with E-state index in [9.17, 15) is 4.79 Å². The first-order chi connectivity index (χ1) is 9.74. The molecule has 3 rings (SSSR count). The largest absolute Gasteiger partial charge is 0.364 e. The Kier molecular flexibility index (Phi) is 3.56. The smallest absolute Gasteiger partial charge is 0.276 e. The van der Waals surface area contributed by atoms with E-state index in [0.717, 1.165) is 17.0 Å². The van der Waals surface area contributed by atoms with Gasteiger partial charge >= 0.3 is 0 Å². The molecule has 1 amide bonds. The standard InChI is InChI=1S/C15H13ClN2O2/c16-13-3-1-11(2-4-13)12-5-8-18(9-6-12)15(19)14-7-10-20-17-14/h1-5,7,10H,6,8-9H2. The number of halogens is 1. The Labute approximate surface area is 121 Å². The van der Waals surface area contributed by atoms with E-state index in [0.29, 0.717) is 18.8 Å². The molecule has 4 nitrogen and oxygen atoms in total. The summed E-state index contributed by atoms with van der Waals surface area (Å²) in [4.78, 5) is 13.9. The Morgan fingerprint density at radius 1 is 1.25 bits per heavy atom. The van der Waals surface area contributed by atoms with E-state index in [1.54, 1.807) is 11.0 Å². The van der Waals surface area contributed by atoms with E-state index < -0.39 is 0 Å². The first kappa shape index (κ1) is 12.9. The molecule has 2 heterocycles. The van der Waals surface area contributed by atoms with Crippen molar-refractivity contribution in [3.63, 3.8) is 0 Å². The number of carbonyl (C=O) groups excluding carboxylic acids is 1. The minimum atomic E-state index is -0.0924. The average molecular weight is 289 g/mol. The van der Waals surface area contributed by atoms with Gasteiger partial charge in [0.1, 0.15) is 6.26 Å². The number of hydrogen-bond donors (Lipinski definition) is 0. The highest BCUT2D eigenvalue weighted by Gasteiger charge is 2.21. The summed E-state index contributed by atoms with van der Waals surface area (Å²) in [5.41, 5.74) is 2.75. The van der Waals surface area contributed by atoms with Crippen molar-refractivity contribution in [2.75, 3.05) is 13.1 Å². The number of carbonyl (C=O) groups is 1. The molecule has 0 radical (unpaired) electrons. The van der Waals surface area contributed by atoms with Crippen LogP contribution in [0, 0.1) is 0 Å². The molecule has 5 heteroatoms. The highest BCUT2D eigenvalue weighted by atomic mass is 35.5. The first-order valence-corrected chi connectivity index (χ1v) is 6.76. The lowest BCUT2D eigenvalue weighted by molar-refractivity contribution is 0.0762. The second kappa shape index (κ2) is 5.51. The van der Waals surface area contributed by atoms with Crippen molar-refractivity contribution in [2.45, 2.75) is 6.42 Å². The van der Waals surface area contributed by atoms with Crippen LogP contribution in [0.1, 0.15) is 22.5 Å². The van der Waals surface area contributed by atoms with Crippen molar-refractivity contribution < 1.29 is 9.32 Å². The van der Waals surface area contributed by atoms with Gasteiger partial charge in [0.05, 0.1) is 0 Å². The van der Waals surface area contributed by atoms with Gasteiger partial charge in [-0.3, -0.25) is 4.79 Å². The third-order valence-electron chi connectivity index (χ3n) is 3.37. The maximum atomic E-state index is 12.1. The highest BCUT2D eigenvalue weighted by molar-refractivity contribution is 6.30. The third-order valence-corrected chi connectivity index (χ3v) is 3.62. The van der Waals surface area contributed by atoms with Crippen LogP contribution in [0.2, 0.25) is 5.02 Å². The second-order valence-electron chi connectivity index (χ2n) is 4.62. The molecule has 0 bridgehead atoms. The molecule has 20 heavy (non-hydrogen) atoms. The van der Waals surface area contributed by atoms with Crippen LogP contribution in [0.5, 0.6) is 0 Å². The van der Waals surface area contributed by atoms with E-state index in [2.05, 4.69) is 11.2 Å². The second-order valence-corrected chi connectivity index (χ2v) is 5.06. The maximum absolute atomic E-state index is 12.1. The summed E-state index contributed by atoms with van der Waals surface area (Å²) in [5.74, 6) is -0.0924. The molecule has 0 spiro atoms. The zero-order chi connectivity index (χ0) is 13.9. The van der Waals surface area contributed by atoms with E-state index in [-0.39, 0.29) is 5.91 Å². The van der Waals surface area contributed by atoms with E-state index in [1.165, 1.54) is 11.8 Å². The van der Waals surface area contributed by atoms with E-state index >= 15 is 0 Å². The molecule has 0 fully saturated rings. The summed E-state index contributed by atoms with van der Waals surface area (Å²) >= 11 is 5.88. The predicted octanol–water partition coefficient (Wildman–Crippen LogP) is 3.26. The number of hydrogen-bond acceptors (Lipinski definition) is 3. The van der Waals surface area contributed by atoms with Gasteiger partial charge in [-0.15, -0.1) is 0 Å². The molecule has 1 aliphatic rings. The average Bonchev–Trinajstić information content (AvgIpc) is 3.02. The van der Waals surface area contributed by atoms with Gasteiger partial charge < -0.3 is 9.42 Å². The Bertz CT molecular complexity index is 632. The fraction of sp³-hybridized carbons (Fsp3) is 0.200. The number of rotatable bonds is 2. The lowest BCUT2D eigenvalue weighted by Crippen LogP contribution is -2.34. The van der Waals surface area contributed by atoms with Crippen LogP contribution in [-0.4, -0.2) is 29.1 Å². The van der Waals surface area contributed by atoms with Crippen LogP contribution in [0.25, 0.3) is 5.57 Å². The Hall–Kier alpha value is -2.07. The van der Waals surface area contributed by atoms with Crippen molar-refractivity contribution >= 4 is 23.1 Å². The van der Waals surface area contributed by atoms with Crippen LogP contribution in [0.15, 0.2) is 47.2 Å². The molecule has 0 aliphatic carbocycles.